The molecule has 0 atom stereocenters. The summed E-state index contributed by atoms with van der Waals surface area (Å²) < 4.78 is 38.2. The number of halogens is 4. The molecule has 7 heteroatoms. The minimum absolute atomic E-state index is 0.0365. The lowest BCUT2D eigenvalue weighted by Crippen LogP contribution is -2.47. The molecule has 0 saturated heterocycles. The Morgan fingerprint density at radius 2 is 2.12 bits per heavy atom. The molecule has 88 valence electrons. The highest BCUT2D eigenvalue weighted by Gasteiger charge is 2.64. The van der Waals surface area contributed by atoms with Gasteiger partial charge in [0.2, 0.25) is 0 Å². The Labute approximate surface area is 102 Å². The summed E-state index contributed by atoms with van der Waals surface area (Å²) in [6, 6.07) is 1.63. The fraction of sp³-hybridized carbons (Fsp3) is 0.444. The summed E-state index contributed by atoms with van der Waals surface area (Å²) in [6.07, 6.45) is -4.44. The topological polar surface area (TPSA) is 29.1 Å². The van der Waals surface area contributed by atoms with E-state index in [9.17, 15) is 18.0 Å². The maximum Gasteiger partial charge on any atom is 0.411 e. The van der Waals surface area contributed by atoms with Crippen LogP contribution in [0.2, 0.25) is 0 Å². The van der Waals surface area contributed by atoms with E-state index in [1.165, 1.54) is 0 Å². The normalized spacial score (nSPS) is 18.2. The van der Waals surface area contributed by atoms with Gasteiger partial charge in [0, 0.05) is 4.47 Å². The van der Waals surface area contributed by atoms with Crippen molar-refractivity contribution < 1.29 is 18.0 Å². The zero-order chi connectivity index (χ0) is 12.0. The quantitative estimate of drug-likeness (QED) is 0.891. The van der Waals surface area contributed by atoms with Crippen LogP contribution in [0.5, 0.6) is 0 Å². The standard InChI is InChI=1S/C9H7BrF3NOS/c10-5-1-4-16-6(5)7(15)14-8(2-3-8)9(11,12)13/h1,4H,2-3H2,(H,14,15). The third kappa shape index (κ3) is 1.98. The van der Waals surface area contributed by atoms with Crippen molar-refractivity contribution in [3.05, 3.63) is 20.8 Å². The van der Waals surface area contributed by atoms with E-state index in [4.69, 9.17) is 0 Å². The molecule has 0 unspecified atom stereocenters. The molecule has 2 rings (SSSR count). The van der Waals surface area contributed by atoms with Gasteiger partial charge in [-0.1, -0.05) is 0 Å². The summed E-state index contributed by atoms with van der Waals surface area (Å²) >= 11 is 4.22. The highest BCUT2D eigenvalue weighted by atomic mass is 79.9. The van der Waals surface area contributed by atoms with Gasteiger partial charge in [-0.05, 0) is 40.2 Å². The molecule has 1 aromatic heterocycles. The van der Waals surface area contributed by atoms with Crippen LogP contribution in [0.3, 0.4) is 0 Å². The number of rotatable bonds is 2. The monoisotopic (exact) mass is 313 g/mol. The molecule has 1 fully saturated rings. The van der Waals surface area contributed by atoms with Crippen LogP contribution >= 0.6 is 27.3 Å². The predicted molar refractivity (Wildman–Crippen MR) is 57.5 cm³/mol. The van der Waals surface area contributed by atoms with Crippen LogP contribution in [0, 0.1) is 0 Å². The lowest BCUT2D eigenvalue weighted by atomic mass is 10.2. The Hall–Kier alpha value is -0.560. The number of thiophene rings is 1. The van der Waals surface area contributed by atoms with Crippen molar-refractivity contribution in [3.63, 3.8) is 0 Å². The molecule has 2 nitrogen and oxygen atoms in total. The smallest absolute Gasteiger partial charge is 0.337 e. The molecule has 0 spiro atoms. The first kappa shape index (κ1) is 11.9. The molecule has 0 radical (unpaired) electrons. The molecular formula is C9H7BrF3NOS. The number of carbonyl (C=O) groups is 1. The number of carbonyl (C=O) groups excluding carboxylic acids is 1. The van der Waals surface area contributed by atoms with E-state index in [2.05, 4.69) is 21.2 Å². The van der Waals surface area contributed by atoms with Gasteiger partial charge in [0.1, 0.15) is 10.4 Å². The molecule has 1 aliphatic carbocycles. The van der Waals surface area contributed by atoms with Gasteiger partial charge in [-0.3, -0.25) is 4.79 Å². The van der Waals surface area contributed by atoms with Crippen LogP contribution in [0.1, 0.15) is 22.5 Å². The first-order valence-electron chi connectivity index (χ1n) is 4.48. The zero-order valence-corrected chi connectivity index (χ0v) is 10.3. The maximum absolute atomic E-state index is 12.6. The summed E-state index contributed by atoms with van der Waals surface area (Å²) in [7, 11) is 0. The SMILES string of the molecule is O=C(NC1(C(F)(F)F)CC1)c1sccc1Br. The lowest BCUT2D eigenvalue weighted by molar-refractivity contribution is -0.163. The predicted octanol–water partition coefficient (Wildman–Crippen LogP) is 3.34. The van der Waals surface area contributed by atoms with Crippen molar-refractivity contribution in [1.29, 1.82) is 0 Å². The van der Waals surface area contributed by atoms with Gasteiger partial charge in [0.15, 0.2) is 0 Å². The second kappa shape index (κ2) is 3.73. The molecule has 0 bridgehead atoms. The van der Waals surface area contributed by atoms with Crippen molar-refractivity contribution >= 4 is 33.2 Å². The molecule has 0 aromatic carbocycles. The Balaban J connectivity index is 2.13. The van der Waals surface area contributed by atoms with Crippen molar-refractivity contribution in [1.82, 2.24) is 5.32 Å². The van der Waals surface area contributed by atoms with Crippen LogP contribution < -0.4 is 5.32 Å². The van der Waals surface area contributed by atoms with E-state index in [0.717, 1.165) is 11.3 Å². The van der Waals surface area contributed by atoms with Crippen molar-refractivity contribution in [3.8, 4) is 0 Å². The second-order valence-corrected chi connectivity index (χ2v) is 5.40. The summed E-state index contributed by atoms with van der Waals surface area (Å²) in [4.78, 5) is 11.9. The molecule has 0 aliphatic heterocycles. The van der Waals surface area contributed by atoms with Crippen molar-refractivity contribution in [2.75, 3.05) is 0 Å². The molecule has 1 aromatic rings. The Morgan fingerprint density at radius 1 is 1.50 bits per heavy atom. The van der Waals surface area contributed by atoms with Gasteiger partial charge >= 0.3 is 6.18 Å². The van der Waals surface area contributed by atoms with Crippen LogP contribution in [-0.4, -0.2) is 17.6 Å². The molecule has 1 N–H and O–H groups in total. The summed E-state index contributed by atoms with van der Waals surface area (Å²) in [6.45, 7) is 0. The van der Waals surface area contributed by atoms with Crippen LogP contribution in [0.15, 0.2) is 15.9 Å². The number of alkyl halides is 3. The molecule has 1 aliphatic rings. The highest BCUT2D eigenvalue weighted by molar-refractivity contribution is 9.10. The van der Waals surface area contributed by atoms with Crippen LogP contribution in [0.4, 0.5) is 13.2 Å². The Bertz CT molecular complexity index is 425. The Kier molecular flexibility index (Phi) is 2.78. The molecule has 16 heavy (non-hydrogen) atoms. The van der Waals surface area contributed by atoms with E-state index in [1.54, 1.807) is 11.4 Å². The highest BCUT2D eigenvalue weighted by Crippen LogP contribution is 2.49. The van der Waals surface area contributed by atoms with Crippen LogP contribution in [0.25, 0.3) is 0 Å². The third-order valence-electron chi connectivity index (χ3n) is 2.47. The van der Waals surface area contributed by atoms with Gasteiger partial charge in [-0.25, -0.2) is 0 Å². The fourth-order valence-electron chi connectivity index (χ4n) is 1.33. The number of nitrogens with one attached hydrogen (secondary N) is 1. The fourth-order valence-corrected chi connectivity index (χ4v) is 2.78. The second-order valence-electron chi connectivity index (χ2n) is 3.63. The minimum atomic E-state index is -4.37. The van der Waals surface area contributed by atoms with Gasteiger partial charge in [0.05, 0.1) is 0 Å². The third-order valence-corrected chi connectivity index (χ3v) is 4.31. The number of hydrogen-bond donors (Lipinski definition) is 1. The summed E-state index contributed by atoms with van der Waals surface area (Å²) in [5.41, 5.74) is -1.99. The van der Waals surface area contributed by atoms with Gasteiger partial charge in [-0.15, -0.1) is 11.3 Å². The summed E-state index contributed by atoms with van der Waals surface area (Å²) in [5, 5.41) is 3.71. The first-order valence-corrected chi connectivity index (χ1v) is 6.15. The first-order chi connectivity index (χ1) is 7.36. The van der Waals surface area contributed by atoms with Crippen LogP contribution in [-0.2, 0) is 0 Å². The van der Waals surface area contributed by atoms with Crippen molar-refractivity contribution in [2.45, 2.75) is 24.6 Å². The average molecular weight is 314 g/mol. The lowest BCUT2D eigenvalue weighted by Gasteiger charge is -2.20. The van der Waals surface area contributed by atoms with E-state index < -0.39 is 17.6 Å². The zero-order valence-electron chi connectivity index (χ0n) is 7.90. The van der Waals surface area contributed by atoms with E-state index in [-0.39, 0.29) is 17.7 Å². The molecule has 1 amide bonds. The van der Waals surface area contributed by atoms with E-state index in [0.29, 0.717) is 4.47 Å². The minimum Gasteiger partial charge on any atom is -0.337 e. The van der Waals surface area contributed by atoms with Gasteiger partial charge in [-0.2, -0.15) is 13.2 Å². The number of hydrogen-bond acceptors (Lipinski definition) is 2. The molecule has 1 heterocycles. The van der Waals surface area contributed by atoms with E-state index in [1.807, 2.05) is 0 Å². The summed E-state index contributed by atoms with van der Waals surface area (Å²) in [5.74, 6) is -0.670. The molecular weight excluding hydrogens is 307 g/mol. The van der Waals surface area contributed by atoms with Gasteiger partial charge in [0.25, 0.3) is 5.91 Å². The Morgan fingerprint density at radius 3 is 2.50 bits per heavy atom. The number of amides is 1. The van der Waals surface area contributed by atoms with E-state index >= 15 is 0 Å². The van der Waals surface area contributed by atoms with Gasteiger partial charge < -0.3 is 5.32 Å². The average Bonchev–Trinajstić information content (AvgIpc) is 2.81. The largest absolute Gasteiger partial charge is 0.411 e. The maximum atomic E-state index is 12.6. The van der Waals surface area contributed by atoms with Crippen molar-refractivity contribution in [2.24, 2.45) is 0 Å². The molecule has 1 saturated carbocycles.